The second kappa shape index (κ2) is 4.98. The molecule has 0 aliphatic carbocycles. The van der Waals surface area contributed by atoms with Gasteiger partial charge in [-0.1, -0.05) is 18.2 Å². The van der Waals surface area contributed by atoms with Gasteiger partial charge in [0.1, 0.15) is 0 Å². The molecule has 0 bridgehead atoms. The van der Waals surface area contributed by atoms with Gasteiger partial charge >= 0.3 is 0 Å². The Balaban J connectivity index is 2.32. The second-order valence-corrected chi connectivity index (χ2v) is 4.95. The topological polar surface area (TPSA) is 23.5 Å². The molecule has 0 spiro atoms. The second-order valence-electron chi connectivity index (χ2n) is 4.95. The van der Waals surface area contributed by atoms with Crippen molar-refractivity contribution in [2.24, 2.45) is 0 Å². The fraction of sp³-hybridized carbons (Fsp3) is 0.571. The van der Waals surface area contributed by atoms with Crippen LogP contribution in [-0.2, 0) is 19.4 Å². The Morgan fingerprint density at radius 2 is 2.25 bits per heavy atom. The minimum atomic E-state index is -0.250. The average Bonchev–Trinajstić information content (AvgIpc) is 2.39. The highest BCUT2D eigenvalue weighted by molar-refractivity contribution is 5.36. The third kappa shape index (κ3) is 2.63. The molecular weight excluding hydrogens is 198 g/mol. The zero-order chi connectivity index (χ0) is 11.5. The third-order valence-corrected chi connectivity index (χ3v) is 3.30. The van der Waals surface area contributed by atoms with Crippen molar-refractivity contribution in [3.8, 4) is 0 Å². The summed E-state index contributed by atoms with van der Waals surface area (Å²) in [5.74, 6) is 0. The van der Waals surface area contributed by atoms with E-state index in [4.69, 9.17) is 0 Å². The summed E-state index contributed by atoms with van der Waals surface area (Å²) in [6.07, 6.45) is 2.94. The standard InChI is InChI=1S/C14H21NO/c1-11(16)9-13-6-3-5-12-7-4-8-15(2)10-14(12)13/h3,5-6,11,16H,4,7-10H2,1-2H3. The number of hydrogen-bond donors (Lipinski definition) is 1. The molecule has 2 nitrogen and oxygen atoms in total. The number of benzene rings is 1. The number of nitrogens with zero attached hydrogens (tertiary/aromatic N) is 1. The Kier molecular flexibility index (Phi) is 3.62. The smallest absolute Gasteiger partial charge is 0.0552 e. The first-order valence-electron chi connectivity index (χ1n) is 6.13. The maximum Gasteiger partial charge on any atom is 0.0552 e. The summed E-state index contributed by atoms with van der Waals surface area (Å²) in [5.41, 5.74) is 4.24. The van der Waals surface area contributed by atoms with Gasteiger partial charge in [-0.25, -0.2) is 0 Å². The van der Waals surface area contributed by atoms with Crippen LogP contribution in [0.3, 0.4) is 0 Å². The molecule has 1 aromatic rings. The molecule has 1 heterocycles. The van der Waals surface area contributed by atoms with E-state index in [0.29, 0.717) is 0 Å². The Morgan fingerprint density at radius 3 is 3.00 bits per heavy atom. The van der Waals surface area contributed by atoms with Gasteiger partial charge in [-0.3, -0.25) is 0 Å². The number of aryl methyl sites for hydroxylation is 1. The summed E-state index contributed by atoms with van der Waals surface area (Å²) in [5, 5.41) is 9.53. The highest BCUT2D eigenvalue weighted by atomic mass is 16.3. The number of fused-ring (bicyclic) bond motifs is 1. The van der Waals surface area contributed by atoms with Crippen LogP contribution in [0.15, 0.2) is 18.2 Å². The third-order valence-electron chi connectivity index (χ3n) is 3.30. The van der Waals surface area contributed by atoms with Gasteiger partial charge in [0.15, 0.2) is 0 Å². The molecule has 1 aliphatic heterocycles. The first kappa shape index (κ1) is 11.6. The highest BCUT2D eigenvalue weighted by Gasteiger charge is 2.15. The fourth-order valence-corrected chi connectivity index (χ4v) is 2.52. The lowest BCUT2D eigenvalue weighted by Gasteiger charge is -2.17. The molecule has 1 unspecified atom stereocenters. The summed E-state index contributed by atoms with van der Waals surface area (Å²) < 4.78 is 0. The largest absolute Gasteiger partial charge is 0.393 e. The molecule has 1 N–H and O–H groups in total. The van der Waals surface area contributed by atoms with Crippen LogP contribution < -0.4 is 0 Å². The molecule has 2 heteroatoms. The predicted molar refractivity (Wildman–Crippen MR) is 66.5 cm³/mol. The lowest BCUT2D eigenvalue weighted by atomic mass is 9.95. The molecule has 0 radical (unpaired) electrons. The van der Waals surface area contributed by atoms with E-state index in [1.807, 2.05) is 6.92 Å². The van der Waals surface area contributed by atoms with E-state index in [2.05, 4.69) is 30.1 Å². The summed E-state index contributed by atoms with van der Waals surface area (Å²) in [7, 11) is 2.17. The van der Waals surface area contributed by atoms with Crippen LogP contribution in [0.4, 0.5) is 0 Å². The molecule has 1 atom stereocenters. The molecule has 0 saturated heterocycles. The summed E-state index contributed by atoms with van der Waals surface area (Å²) in [6, 6.07) is 6.52. The van der Waals surface area contributed by atoms with Crippen LogP contribution in [0, 0.1) is 0 Å². The van der Waals surface area contributed by atoms with E-state index in [-0.39, 0.29) is 6.10 Å². The number of hydrogen-bond acceptors (Lipinski definition) is 2. The maximum atomic E-state index is 9.53. The highest BCUT2D eigenvalue weighted by Crippen LogP contribution is 2.22. The SMILES string of the molecule is CC(O)Cc1cccc2c1CN(C)CCC2. The number of rotatable bonds is 2. The molecule has 88 valence electrons. The first-order chi connectivity index (χ1) is 7.66. The van der Waals surface area contributed by atoms with E-state index in [0.717, 1.165) is 13.0 Å². The van der Waals surface area contributed by atoms with E-state index >= 15 is 0 Å². The molecule has 0 aromatic heterocycles. The van der Waals surface area contributed by atoms with E-state index < -0.39 is 0 Å². The van der Waals surface area contributed by atoms with Crippen molar-refractivity contribution in [3.63, 3.8) is 0 Å². The molecule has 0 fully saturated rings. The van der Waals surface area contributed by atoms with E-state index in [1.54, 1.807) is 0 Å². The van der Waals surface area contributed by atoms with Gasteiger partial charge in [0.05, 0.1) is 6.10 Å². The summed E-state index contributed by atoms with van der Waals surface area (Å²) in [4.78, 5) is 2.37. The molecular formula is C14H21NO. The zero-order valence-corrected chi connectivity index (χ0v) is 10.2. The Bertz CT molecular complexity index is 360. The Hall–Kier alpha value is -0.860. The van der Waals surface area contributed by atoms with Crippen LogP contribution >= 0.6 is 0 Å². The minimum Gasteiger partial charge on any atom is -0.393 e. The van der Waals surface area contributed by atoms with Gasteiger partial charge in [0.25, 0.3) is 0 Å². The fourth-order valence-electron chi connectivity index (χ4n) is 2.52. The van der Waals surface area contributed by atoms with Crippen molar-refractivity contribution in [1.82, 2.24) is 4.90 Å². The maximum absolute atomic E-state index is 9.53. The zero-order valence-electron chi connectivity index (χ0n) is 10.2. The lowest BCUT2D eigenvalue weighted by Crippen LogP contribution is -2.18. The van der Waals surface area contributed by atoms with Crippen molar-refractivity contribution in [1.29, 1.82) is 0 Å². The van der Waals surface area contributed by atoms with Gasteiger partial charge in [-0.05, 0) is 56.5 Å². The molecule has 0 saturated carbocycles. The van der Waals surface area contributed by atoms with Crippen LogP contribution in [0.1, 0.15) is 30.0 Å². The van der Waals surface area contributed by atoms with E-state index in [9.17, 15) is 5.11 Å². The quantitative estimate of drug-likeness (QED) is 0.822. The summed E-state index contributed by atoms with van der Waals surface area (Å²) in [6.45, 7) is 4.06. The van der Waals surface area contributed by atoms with Crippen LogP contribution in [-0.4, -0.2) is 29.7 Å². The van der Waals surface area contributed by atoms with Crippen molar-refractivity contribution >= 4 is 0 Å². The molecule has 1 aliphatic rings. The van der Waals surface area contributed by atoms with Gasteiger partial charge in [0.2, 0.25) is 0 Å². The normalized spacial score (nSPS) is 18.9. The molecule has 16 heavy (non-hydrogen) atoms. The lowest BCUT2D eigenvalue weighted by molar-refractivity contribution is 0.195. The number of aliphatic hydroxyl groups excluding tert-OH is 1. The Labute approximate surface area is 97.9 Å². The van der Waals surface area contributed by atoms with Crippen molar-refractivity contribution < 1.29 is 5.11 Å². The molecule has 2 rings (SSSR count). The molecule has 1 aromatic carbocycles. The number of aliphatic hydroxyl groups is 1. The van der Waals surface area contributed by atoms with Crippen LogP contribution in [0.25, 0.3) is 0 Å². The van der Waals surface area contributed by atoms with Gasteiger partial charge in [-0.15, -0.1) is 0 Å². The van der Waals surface area contributed by atoms with E-state index in [1.165, 1.54) is 36.1 Å². The summed E-state index contributed by atoms with van der Waals surface area (Å²) >= 11 is 0. The van der Waals surface area contributed by atoms with Gasteiger partial charge in [-0.2, -0.15) is 0 Å². The predicted octanol–water partition coefficient (Wildman–Crippen LogP) is 1.99. The van der Waals surface area contributed by atoms with Crippen LogP contribution in [0.5, 0.6) is 0 Å². The van der Waals surface area contributed by atoms with Crippen molar-refractivity contribution in [3.05, 3.63) is 34.9 Å². The minimum absolute atomic E-state index is 0.250. The van der Waals surface area contributed by atoms with Crippen LogP contribution in [0.2, 0.25) is 0 Å². The van der Waals surface area contributed by atoms with Crippen molar-refractivity contribution in [2.75, 3.05) is 13.6 Å². The van der Waals surface area contributed by atoms with Gasteiger partial charge in [0, 0.05) is 6.54 Å². The molecule has 0 amide bonds. The first-order valence-corrected chi connectivity index (χ1v) is 6.13. The van der Waals surface area contributed by atoms with Gasteiger partial charge < -0.3 is 10.0 Å². The monoisotopic (exact) mass is 219 g/mol. The van der Waals surface area contributed by atoms with Crippen molar-refractivity contribution in [2.45, 2.75) is 38.8 Å². The Morgan fingerprint density at radius 1 is 1.44 bits per heavy atom. The average molecular weight is 219 g/mol.